The van der Waals surface area contributed by atoms with Crippen LogP contribution in [0.5, 0.6) is 11.5 Å². The van der Waals surface area contributed by atoms with Gasteiger partial charge in [0.1, 0.15) is 18.0 Å². The lowest BCUT2D eigenvalue weighted by atomic mass is 9.93. The van der Waals surface area contributed by atoms with Crippen molar-refractivity contribution in [1.82, 2.24) is 19.8 Å². The predicted molar refractivity (Wildman–Crippen MR) is 136 cm³/mol. The van der Waals surface area contributed by atoms with Crippen LogP contribution in [-0.4, -0.2) is 72.8 Å². The number of fused-ring (bicyclic) bond motifs is 2. The summed E-state index contributed by atoms with van der Waals surface area (Å²) in [7, 11) is 3.85. The maximum Gasteiger partial charge on any atom is 0.162 e. The molecular formula is C26H31ClFN5O2. The molecule has 2 saturated heterocycles. The summed E-state index contributed by atoms with van der Waals surface area (Å²) < 4.78 is 25.3. The number of halogens is 2. The summed E-state index contributed by atoms with van der Waals surface area (Å²) in [5, 5.41) is 4.03. The molecule has 2 aromatic carbocycles. The van der Waals surface area contributed by atoms with Gasteiger partial charge in [0.25, 0.3) is 0 Å². The molecule has 2 aliphatic rings. The van der Waals surface area contributed by atoms with E-state index in [0.717, 1.165) is 24.3 Å². The molecule has 0 aliphatic carbocycles. The third-order valence-corrected chi connectivity index (χ3v) is 7.39. The van der Waals surface area contributed by atoms with Crippen LogP contribution in [0.4, 0.5) is 15.9 Å². The number of rotatable bonds is 8. The minimum absolute atomic E-state index is 0.0450. The number of ether oxygens (including phenoxy) is 2. The molecule has 3 heterocycles. The zero-order valence-electron chi connectivity index (χ0n) is 20.1. The van der Waals surface area contributed by atoms with Crippen molar-refractivity contribution < 1.29 is 13.9 Å². The van der Waals surface area contributed by atoms with Gasteiger partial charge in [0, 0.05) is 36.3 Å². The Morgan fingerprint density at radius 2 is 2.03 bits per heavy atom. The monoisotopic (exact) mass is 499 g/mol. The summed E-state index contributed by atoms with van der Waals surface area (Å²) in [6.07, 6.45) is 4.98. The molecular weight excluding hydrogens is 469 g/mol. The van der Waals surface area contributed by atoms with Crippen LogP contribution >= 0.6 is 11.6 Å². The van der Waals surface area contributed by atoms with Crippen LogP contribution in [0.25, 0.3) is 10.9 Å². The fraction of sp³-hybridized carbons (Fsp3) is 0.462. The van der Waals surface area contributed by atoms with Gasteiger partial charge in [-0.15, -0.1) is 0 Å². The maximum absolute atomic E-state index is 13.5. The van der Waals surface area contributed by atoms with Gasteiger partial charge in [-0.3, -0.25) is 4.90 Å². The summed E-state index contributed by atoms with van der Waals surface area (Å²) in [6, 6.07) is 8.91. The number of nitrogens with one attached hydrogen (secondary N) is 1. The van der Waals surface area contributed by atoms with Crippen LogP contribution < -0.4 is 14.8 Å². The Balaban J connectivity index is 1.27. The van der Waals surface area contributed by atoms with Gasteiger partial charge in [0.15, 0.2) is 11.5 Å². The Hall–Kier alpha value is -2.68. The average molecular weight is 500 g/mol. The van der Waals surface area contributed by atoms with Gasteiger partial charge in [0.2, 0.25) is 0 Å². The van der Waals surface area contributed by atoms with Crippen LogP contribution in [-0.2, 0) is 0 Å². The number of likely N-dealkylation sites (tertiary alicyclic amines) is 2. The molecule has 2 unspecified atom stereocenters. The zero-order chi connectivity index (χ0) is 24.4. The van der Waals surface area contributed by atoms with Crippen molar-refractivity contribution >= 4 is 34.0 Å². The Bertz CT molecular complexity index is 1200. The van der Waals surface area contributed by atoms with Gasteiger partial charge in [0.05, 0.1) is 24.3 Å². The number of anilines is 2. The molecule has 2 aliphatic heterocycles. The molecule has 186 valence electrons. The van der Waals surface area contributed by atoms with Crippen molar-refractivity contribution in [2.24, 2.45) is 5.92 Å². The third-order valence-electron chi connectivity index (χ3n) is 7.10. The number of aromatic nitrogens is 2. The Morgan fingerprint density at radius 1 is 1.14 bits per heavy atom. The van der Waals surface area contributed by atoms with Gasteiger partial charge in [-0.25, -0.2) is 14.4 Å². The van der Waals surface area contributed by atoms with E-state index in [2.05, 4.69) is 32.1 Å². The molecule has 0 spiro atoms. The van der Waals surface area contributed by atoms with Crippen molar-refractivity contribution in [2.45, 2.75) is 25.3 Å². The van der Waals surface area contributed by atoms with E-state index < -0.39 is 5.82 Å². The smallest absolute Gasteiger partial charge is 0.162 e. The molecule has 3 aromatic rings. The van der Waals surface area contributed by atoms with E-state index in [1.807, 2.05) is 12.1 Å². The van der Waals surface area contributed by atoms with Crippen molar-refractivity contribution in [1.29, 1.82) is 0 Å². The highest BCUT2D eigenvalue weighted by molar-refractivity contribution is 6.31. The highest BCUT2D eigenvalue weighted by Gasteiger charge is 2.36. The van der Waals surface area contributed by atoms with Crippen molar-refractivity contribution in [2.75, 3.05) is 52.3 Å². The number of methoxy groups -OCH3 is 1. The average Bonchev–Trinajstić information content (AvgIpc) is 3.25. The van der Waals surface area contributed by atoms with Crippen LogP contribution in [0.3, 0.4) is 0 Å². The third kappa shape index (κ3) is 5.29. The molecule has 0 saturated carbocycles. The molecule has 35 heavy (non-hydrogen) atoms. The highest BCUT2D eigenvalue weighted by Crippen LogP contribution is 2.35. The van der Waals surface area contributed by atoms with Crippen LogP contribution in [0.2, 0.25) is 5.02 Å². The van der Waals surface area contributed by atoms with Crippen molar-refractivity contribution in [3.63, 3.8) is 0 Å². The zero-order valence-corrected chi connectivity index (χ0v) is 20.9. The van der Waals surface area contributed by atoms with Crippen LogP contribution in [0.15, 0.2) is 36.7 Å². The molecule has 0 amide bonds. The van der Waals surface area contributed by atoms with Crippen LogP contribution in [0.1, 0.15) is 19.3 Å². The fourth-order valence-corrected chi connectivity index (χ4v) is 5.52. The summed E-state index contributed by atoms with van der Waals surface area (Å²) >= 11 is 5.94. The number of nitrogens with zero attached hydrogens (tertiary/aromatic N) is 4. The first-order chi connectivity index (χ1) is 17.0. The number of benzene rings is 2. The molecule has 9 heteroatoms. The Labute approximate surface area is 210 Å². The van der Waals surface area contributed by atoms with E-state index in [9.17, 15) is 4.39 Å². The first kappa shape index (κ1) is 24.0. The number of hydrogen-bond donors (Lipinski definition) is 1. The Kier molecular flexibility index (Phi) is 7.22. The van der Waals surface area contributed by atoms with E-state index in [4.69, 9.17) is 21.1 Å². The van der Waals surface area contributed by atoms with E-state index in [0.29, 0.717) is 41.2 Å². The molecule has 7 nitrogen and oxygen atoms in total. The van der Waals surface area contributed by atoms with Gasteiger partial charge >= 0.3 is 0 Å². The van der Waals surface area contributed by atoms with Crippen molar-refractivity contribution in [3.05, 3.63) is 47.5 Å². The lowest BCUT2D eigenvalue weighted by Crippen LogP contribution is -2.44. The summed E-state index contributed by atoms with van der Waals surface area (Å²) in [5.41, 5.74) is 1.35. The number of hydrogen-bond acceptors (Lipinski definition) is 7. The van der Waals surface area contributed by atoms with Crippen LogP contribution in [0, 0.1) is 11.7 Å². The largest absolute Gasteiger partial charge is 0.493 e. The maximum atomic E-state index is 13.5. The molecule has 0 radical (unpaired) electrons. The van der Waals surface area contributed by atoms with E-state index in [1.165, 1.54) is 50.9 Å². The molecule has 1 N–H and O–H groups in total. The summed E-state index contributed by atoms with van der Waals surface area (Å²) in [4.78, 5) is 13.8. The van der Waals surface area contributed by atoms with Gasteiger partial charge in [-0.05, 0) is 69.6 Å². The standard InChI is InChI=1S/C26H31ClFN5O2/c1-32-9-7-23-17(15-32)6-10-33(23)8-3-11-35-25-13-19-22(14-24(25)34-2)29-16-30-26(19)31-18-4-5-21(28)20(27)12-18/h4-5,12-14,16-17,23H,3,6-11,15H2,1-2H3,(H,29,30,31). The quantitative estimate of drug-likeness (QED) is 0.439. The second kappa shape index (κ2) is 10.5. The molecule has 0 bridgehead atoms. The number of piperidine rings is 1. The van der Waals surface area contributed by atoms with E-state index in [1.54, 1.807) is 13.2 Å². The Morgan fingerprint density at radius 3 is 2.86 bits per heavy atom. The summed E-state index contributed by atoms with van der Waals surface area (Å²) in [6.45, 7) is 5.23. The lowest BCUT2D eigenvalue weighted by molar-refractivity contribution is 0.124. The normalized spacial score (nSPS) is 20.7. The van der Waals surface area contributed by atoms with E-state index in [-0.39, 0.29) is 5.02 Å². The summed E-state index contributed by atoms with van der Waals surface area (Å²) in [5.74, 6) is 2.19. The topological polar surface area (TPSA) is 62.8 Å². The second-order valence-electron chi connectivity index (χ2n) is 9.40. The minimum Gasteiger partial charge on any atom is -0.493 e. The molecule has 1 aromatic heterocycles. The van der Waals surface area contributed by atoms with Gasteiger partial charge < -0.3 is 19.7 Å². The van der Waals surface area contributed by atoms with Crippen molar-refractivity contribution in [3.8, 4) is 11.5 Å². The first-order valence-corrected chi connectivity index (χ1v) is 12.5. The second-order valence-corrected chi connectivity index (χ2v) is 9.81. The van der Waals surface area contributed by atoms with Gasteiger partial charge in [-0.2, -0.15) is 0 Å². The van der Waals surface area contributed by atoms with E-state index >= 15 is 0 Å². The molecule has 2 atom stereocenters. The predicted octanol–water partition coefficient (Wildman–Crippen LogP) is 4.97. The highest BCUT2D eigenvalue weighted by atomic mass is 35.5. The fourth-order valence-electron chi connectivity index (χ4n) is 5.34. The molecule has 2 fully saturated rings. The molecule has 5 rings (SSSR count). The van der Waals surface area contributed by atoms with Gasteiger partial charge in [-0.1, -0.05) is 11.6 Å². The minimum atomic E-state index is -0.467. The SMILES string of the molecule is COc1cc2ncnc(Nc3ccc(F)c(Cl)c3)c2cc1OCCCN1CCC2CN(C)CCC21. The lowest BCUT2D eigenvalue weighted by Gasteiger charge is -2.36. The first-order valence-electron chi connectivity index (χ1n) is 12.1.